The van der Waals surface area contributed by atoms with Crippen LogP contribution in [0.4, 0.5) is 5.69 Å². The van der Waals surface area contributed by atoms with E-state index in [1.165, 1.54) is 0 Å². The third-order valence-corrected chi connectivity index (χ3v) is 5.13. The van der Waals surface area contributed by atoms with Gasteiger partial charge in [-0.05, 0) is 32.4 Å². The Morgan fingerprint density at radius 3 is 2.77 bits per heavy atom. The van der Waals surface area contributed by atoms with Crippen LogP contribution >= 0.6 is 0 Å². The van der Waals surface area contributed by atoms with Crippen molar-refractivity contribution in [2.24, 2.45) is 0 Å². The molecule has 0 radical (unpaired) electrons. The number of aromatic nitrogens is 3. The van der Waals surface area contributed by atoms with Gasteiger partial charge in [0.05, 0.1) is 37.3 Å². The van der Waals surface area contributed by atoms with Crippen LogP contribution in [0.25, 0.3) is 0 Å². The maximum absolute atomic E-state index is 13.0. The fraction of sp³-hybridized carbons (Fsp3) is 0.318. The zero-order chi connectivity index (χ0) is 21.1. The quantitative estimate of drug-likeness (QED) is 0.648. The number of benzene rings is 1. The average Bonchev–Trinajstić information content (AvgIpc) is 3.43. The lowest BCUT2D eigenvalue weighted by molar-refractivity contribution is -0.119. The molecule has 1 fully saturated rings. The van der Waals surface area contributed by atoms with Gasteiger partial charge < -0.3 is 14.6 Å². The molecule has 1 N–H and O–H groups in total. The normalized spacial score (nSPS) is 17.7. The summed E-state index contributed by atoms with van der Waals surface area (Å²) >= 11 is 0. The van der Waals surface area contributed by atoms with E-state index in [9.17, 15) is 4.79 Å². The summed E-state index contributed by atoms with van der Waals surface area (Å²) in [6.45, 7) is 6.96. The van der Waals surface area contributed by atoms with Gasteiger partial charge in [-0.3, -0.25) is 14.4 Å². The van der Waals surface area contributed by atoms with Gasteiger partial charge in [0.2, 0.25) is 0 Å². The van der Waals surface area contributed by atoms with E-state index in [1.54, 1.807) is 15.8 Å². The van der Waals surface area contributed by atoms with Crippen LogP contribution in [0, 0.1) is 13.8 Å². The van der Waals surface area contributed by atoms with Crippen molar-refractivity contribution in [1.29, 1.82) is 0 Å². The first-order valence-electron chi connectivity index (χ1n) is 9.89. The van der Waals surface area contributed by atoms with Crippen LogP contribution in [0.2, 0.25) is 0 Å². The van der Waals surface area contributed by atoms with E-state index in [1.807, 2.05) is 63.4 Å². The van der Waals surface area contributed by atoms with Gasteiger partial charge in [-0.25, -0.2) is 0 Å². The number of carbonyl (C=O) groups excluding carboxylic acids is 1. The Labute approximate surface area is 175 Å². The monoisotopic (exact) mass is 407 g/mol. The van der Waals surface area contributed by atoms with Gasteiger partial charge >= 0.3 is 0 Å². The van der Waals surface area contributed by atoms with Gasteiger partial charge in [-0.15, -0.1) is 0 Å². The van der Waals surface area contributed by atoms with Crippen LogP contribution < -0.4 is 10.2 Å². The summed E-state index contributed by atoms with van der Waals surface area (Å²) in [6, 6.07) is 9.47. The Hall–Kier alpha value is -3.39. The topological polar surface area (TPSA) is 85.4 Å². The molecule has 4 rings (SSSR count). The lowest BCUT2D eigenvalue weighted by atomic mass is 10.2. The minimum Gasteiger partial charge on any atom is -0.374 e. The standard InChI is InChI=1S/C22H25N5O3/c1-4-21-24-20(14-29-13-17-8-6-5-7-9-17)22(28)27(21)18-10-23-26(11-18)12-19-15(2)25-30-16(19)3/h4-11,20,24H,12-14H2,1-3H3. The second-order valence-electron chi connectivity index (χ2n) is 7.24. The predicted molar refractivity (Wildman–Crippen MR) is 112 cm³/mol. The Morgan fingerprint density at radius 2 is 2.07 bits per heavy atom. The molecular weight excluding hydrogens is 382 g/mol. The van der Waals surface area contributed by atoms with Crippen LogP contribution in [0.1, 0.15) is 29.5 Å². The number of hydrogen-bond acceptors (Lipinski definition) is 6. The van der Waals surface area contributed by atoms with E-state index >= 15 is 0 Å². The molecular formula is C22H25N5O3. The molecule has 8 nitrogen and oxygen atoms in total. The summed E-state index contributed by atoms with van der Waals surface area (Å²) in [5, 5.41) is 11.6. The fourth-order valence-corrected chi connectivity index (χ4v) is 3.48. The van der Waals surface area contributed by atoms with E-state index in [4.69, 9.17) is 9.26 Å². The highest BCUT2D eigenvalue weighted by atomic mass is 16.5. The highest BCUT2D eigenvalue weighted by Crippen LogP contribution is 2.25. The summed E-state index contributed by atoms with van der Waals surface area (Å²) in [7, 11) is 0. The Morgan fingerprint density at radius 1 is 1.27 bits per heavy atom. The van der Waals surface area contributed by atoms with Crippen molar-refractivity contribution in [3.8, 4) is 0 Å². The highest BCUT2D eigenvalue weighted by molar-refractivity contribution is 6.02. The van der Waals surface area contributed by atoms with E-state index in [0.29, 0.717) is 18.8 Å². The van der Waals surface area contributed by atoms with Crippen molar-refractivity contribution < 1.29 is 14.1 Å². The number of amides is 1. The number of carbonyl (C=O) groups is 1. The van der Waals surface area contributed by atoms with Gasteiger partial charge in [0.15, 0.2) is 0 Å². The van der Waals surface area contributed by atoms with Gasteiger partial charge in [0, 0.05) is 11.8 Å². The number of allylic oxidation sites excluding steroid dienone is 1. The number of nitrogens with one attached hydrogen (secondary N) is 1. The number of rotatable bonds is 7. The summed E-state index contributed by atoms with van der Waals surface area (Å²) in [5.74, 6) is 1.44. The van der Waals surface area contributed by atoms with E-state index in [0.717, 1.165) is 28.4 Å². The molecule has 1 aromatic carbocycles. The maximum atomic E-state index is 13.0. The minimum absolute atomic E-state index is 0.0620. The molecule has 3 aromatic rings. The van der Waals surface area contributed by atoms with Gasteiger partial charge in [-0.1, -0.05) is 35.5 Å². The molecule has 30 heavy (non-hydrogen) atoms. The summed E-state index contributed by atoms with van der Waals surface area (Å²) in [6.07, 6.45) is 5.41. The zero-order valence-corrected chi connectivity index (χ0v) is 17.3. The van der Waals surface area contributed by atoms with Crippen molar-refractivity contribution in [3.05, 3.63) is 77.2 Å². The first-order valence-corrected chi connectivity index (χ1v) is 9.89. The number of hydrogen-bond donors (Lipinski definition) is 1. The summed E-state index contributed by atoms with van der Waals surface area (Å²) in [4.78, 5) is 14.7. The summed E-state index contributed by atoms with van der Waals surface area (Å²) in [5.41, 5.74) is 3.62. The van der Waals surface area contributed by atoms with Crippen LogP contribution in [-0.4, -0.2) is 33.5 Å². The van der Waals surface area contributed by atoms with Crippen LogP contribution in [-0.2, 0) is 22.7 Å². The van der Waals surface area contributed by atoms with Gasteiger partial charge in [0.25, 0.3) is 5.91 Å². The number of ether oxygens (including phenoxy) is 1. The second-order valence-corrected chi connectivity index (χ2v) is 7.24. The molecule has 156 valence electrons. The Kier molecular flexibility index (Phi) is 5.67. The van der Waals surface area contributed by atoms with Crippen LogP contribution in [0.5, 0.6) is 0 Å². The average molecular weight is 407 g/mol. The molecule has 1 aliphatic heterocycles. The van der Waals surface area contributed by atoms with Crippen molar-refractivity contribution in [2.75, 3.05) is 11.5 Å². The summed E-state index contributed by atoms with van der Waals surface area (Å²) < 4.78 is 12.8. The molecule has 1 aliphatic rings. The highest BCUT2D eigenvalue weighted by Gasteiger charge is 2.36. The lowest BCUT2D eigenvalue weighted by Gasteiger charge is -2.14. The lowest BCUT2D eigenvalue weighted by Crippen LogP contribution is -2.34. The SMILES string of the molecule is CC=C1NC(COCc2ccccc2)C(=O)N1c1cnn(Cc2c(C)noc2C)c1. The molecule has 0 saturated carbocycles. The zero-order valence-electron chi connectivity index (χ0n) is 17.3. The predicted octanol–water partition coefficient (Wildman–Crippen LogP) is 2.92. The molecule has 3 heterocycles. The van der Waals surface area contributed by atoms with Crippen LogP contribution in [0.3, 0.4) is 0 Å². The largest absolute Gasteiger partial charge is 0.374 e. The second kappa shape index (κ2) is 8.54. The molecule has 1 atom stereocenters. The molecule has 0 aliphatic carbocycles. The number of nitrogens with zero attached hydrogens (tertiary/aromatic N) is 4. The Bertz CT molecular complexity index is 1030. The van der Waals surface area contributed by atoms with Crippen molar-refractivity contribution in [1.82, 2.24) is 20.3 Å². The molecule has 0 spiro atoms. The maximum Gasteiger partial charge on any atom is 0.257 e. The minimum atomic E-state index is -0.439. The number of anilines is 1. The number of aryl methyl sites for hydroxylation is 2. The fourth-order valence-electron chi connectivity index (χ4n) is 3.48. The van der Waals surface area contributed by atoms with E-state index in [-0.39, 0.29) is 12.5 Å². The molecule has 8 heteroatoms. The van der Waals surface area contributed by atoms with E-state index in [2.05, 4.69) is 15.6 Å². The van der Waals surface area contributed by atoms with Crippen molar-refractivity contribution >= 4 is 11.6 Å². The van der Waals surface area contributed by atoms with Gasteiger partial charge in [-0.2, -0.15) is 5.10 Å². The van der Waals surface area contributed by atoms with E-state index < -0.39 is 6.04 Å². The molecule has 2 aromatic heterocycles. The molecule has 0 bridgehead atoms. The first-order chi connectivity index (χ1) is 14.6. The first kappa shape index (κ1) is 19.9. The third-order valence-electron chi connectivity index (χ3n) is 5.13. The van der Waals surface area contributed by atoms with Crippen LogP contribution in [0.15, 0.2) is 59.1 Å². The molecule has 1 saturated heterocycles. The third kappa shape index (κ3) is 3.99. The molecule has 1 amide bonds. The van der Waals surface area contributed by atoms with Crippen molar-refractivity contribution in [3.63, 3.8) is 0 Å². The van der Waals surface area contributed by atoms with Gasteiger partial charge in [0.1, 0.15) is 17.6 Å². The molecule has 1 unspecified atom stereocenters. The Balaban J connectivity index is 1.43. The van der Waals surface area contributed by atoms with Crippen molar-refractivity contribution in [2.45, 2.75) is 40.0 Å². The smallest absolute Gasteiger partial charge is 0.257 e.